The van der Waals surface area contributed by atoms with Crippen LogP contribution in [0.1, 0.15) is 75.1 Å². The van der Waals surface area contributed by atoms with Crippen molar-refractivity contribution < 1.29 is 43.1 Å². The monoisotopic (exact) mass is 556 g/mol. The van der Waals surface area contributed by atoms with Crippen molar-refractivity contribution in [2.45, 2.75) is 64.7 Å². The van der Waals surface area contributed by atoms with Gasteiger partial charge in [0.15, 0.2) is 0 Å². The minimum absolute atomic E-state index is 0.102. The molecule has 0 aliphatic rings. The molecule has 0 aromatic heterocycles. The molecule has 0 aliphatic carbocycles. The molecule has 39 heavy (non-hydrogen) atoms. The van der Waals surface area contributed by atoms with Crippen LogP contribution in [-0.2, 0) is 33.2 Å². The summed E-state index contributed by atoms with van der Waals surface area (Å²) >= 11 is 0. The first kappa shape index (κ1) is 35.3. The summed E-state index contributed by atoms with van der Waals surface area (Å²) in [4.78, 5) is 11.8. The number of ether oxygens (including phenoxy) is 7. The topological polar surface area (TPSA) is 102 Å². The maximum atomic E-state index is 11.8. The number of phenolic OH excluding ortho intramolecular Hbond substituents is 1. The van der Waals surface area contributed by atoms with Crippen LogP contribution < -0.4 is 0 Å². The third kappa shape index (κ3) is 23.8. The van der Waals surface area contributed by atoms with Gasteiger partial charge in [0, 0.05) is 6.61 Å². The highest BCUT2D eigenvalue weighted by molar-refractivity contribution is 5.89. The fourth-order valence-electron chi connectivity index (χ4n) is 3.59. The third-order valence-corrected chi connectivity index (χ3v) is 5.82. The number of carbonyl (C=O) groups excluding carboxylic acids is 1. The second kappa shape index (κ2) is 27.8. The summed E-state index contributed by atoms with van der Waals surface area (Å²) in [5.74, 6) is -0.349. The predicted molar refractivity (Wildman–Crippen MR) is 151 cm³/mol. The largest absolute Gasteiger partial charge is 0.508 e. The molecule has 0 saturated carbocycles. The van der Waals surface area contributed by atoms with E-state index in [1.54, 1.807) is 0 Å². The molecule has 0 atom stereocenters. The number of carbonyl (C=O) groups is 1. The van der Waals surface area contributed by atoms with Gasteiger partial charge in [0.25, 0.3) is 0 Å². The first-order valence-corrected chi connectivity index (χ1v) is 14.7. The van der Waals surface area contributed by atoms with E-state index in [2.05, 4.69) is 6.92 Å². The van der Waals surface area contributed by atoms with Gasteiger partial charge in [-0.1, -0.05) is 58.3 Å². The zero-order valence-corrected chi connectivity index (χ0v) is 24.1. The summed E-state index contributed by atoms with van der Waals surface area (Å²) in [7, 11) is 0. The van der Waals surface area contributed by atoms with Gasteiger partial charge in [-0.25, -0.2) is 4.79 Å². The van der Waals surface area contributed by atoms with Crippen LogP contribution >= 0.6 is 0 Å². The summed E-state index contributed by atoms with van der Waals surface area (Å²) in [6.07, 6.45) is 11.9. The average Bonchev–Trinajstić information content (AvgIpc) is 2.94. The van der Waals surface area contributed by atoms with Gasteiger partial charge >= 0.3 is 5.97 Å². The van der Waals surface area contributed by atoms with Gasteiger partial charge < -0.3 is 38.3 Å². The molecule has 1 N–H and O–H groups in total. The first-order chi connectivity index (χ1) is 19.2. The number of unbranched alkanes of at least 4 members (excludes halogenated alkanes) is 8. The van der Waals surface area contributed by atoms with E-state index in [1.807, 2.05) is 0 Å². The second-order valence-electron chi connectivity index (χ2n) is 9.19. The smallest absolute Gasteiger partial charge is 0.338 e. The Morgan fingerprint density at radius 3 is 1.31 bits per heavy atom. The first-order valence-electron chi connectivity index (χ1n) is 14.7. The van der Waals surface area contributed by atoms with Crippen LogP contribution in [0.25, 0.3) is 0 Å². The molecule has 0 bridgehead atoms. The van der Waals surface area contributed by atoms with E-state index in [1.165, 1.54) is 75.6 Å². The summed E-state index contributed by atoms with van der Waals surface area (Å²) in [5.41, 5.74) is 0.384. The quantitative estimate of drug-likeness (QED) is 0.106. The summed E-state index contributed by atoms with van der Waals surface area (Å²) in [6.45, 7) is 8.69. The lowest BCUT2D eigenvalue weighted by atomic mass is 10.1. The fourth-order valence-corrected chi connectivity index (χ4v) is 3.59. The Kier molecular flexibility index (Phi) is 25.1. The van der Waals surface area contributed by atoms with E-state index in [-0.39, 0.29) is 19.0 Å². The molecule has 0 unspecified atom stereocenters. The Morgan fingerprint density at radius 1 is 0.513 bits per heavy atom. The van der Waals surface area contributed by atoms with Gasteiger partial charge in [0.2, 0.25) is 0 Å². The van der Waals surface area contributed by atoms with E-state index in [0.717, 1.165) is 13.0 Å². The second-order valence-corrected chi connectivity index (χ2v) is 9.19. The highest BCUT2D eigenvalue weighted by atomic mass is 16.6. The molecule has 1 rings (SSSR count). The van der Waals surface area contributed by atoms with Crippen LogP contribution in [0, 0.1) is 0 Å². The van der Waals surface area contributed by atoms with Crippen LogP contribution in [-0.4, -0.2) is 97.0 Å². The van der Waals surface area contributed by atoms with E-state index < -0.39 is 5.97 Å². The number of benzene rings is 1. The van der Waals surface area contributed by atoms with E-state index in [0.29, 0.717) is 71.6 Å². The molecule has 0 radical (unpaired) electrons. The van der Waals surface area contributed by atoms with Crippen LogP contribution in [0.4, 0.5) is 0 Å². The average molecular weight is 557 g/mol. The maximum absolute atomic E-state index is 11.8. The van der Waals surface area contributed by atoms with Crippen molar-refractivity contribution in [3.8, 4) is 5.75 Å². The van der Waals surface area contributed by atoms with Crippen molar-refractivity contribution >= 4 is 5.97 Å². The maximum Gasteiger partial charge on any atom is 0.338 e. The van der Waals surface area contributed by atoms with Gasteiger partial charge in [-0.15, -0.1) is 0 Å². The molecule has 0 fully saturated rings. The Labute approximate surface area is 235 Å². The van der Waals surface area contributed by atoms with Crippen molar-refractivity contribution in [3.05, 3.63) is 29.8 Å². The molecule has 1 aromatic carbocycles. The number of esters is 1. The molecule has 9 heteroatoms. The molecule has 9 nitrogen and oxygen atoms in total. The highest BCUT2D eigenvalue weighted by Crippen LogP contribution is 2.11. The molecule has 0 amide bonds. The van der Waals surface area contributed by atoms with Crippen molar-refractivity contribution in [3.63, 3.8) is 0 Å². The lowest BCUT2D eigenvalue weighted by Crippen LogP contribution is -2.15. The summed E-state index contributed by atoms with van der Waals surface area (Å²) in [5, 5.41) is 9.22. The number of hydrogen-bond donors (Lipinski definition) is 1. The molecule has 0 saturated heterocycles. The zero-order chi connectivity index (χ0) is 28.1. The Hall–Kier alpha value is -1.75. The van der Waals surface area contributed by atoms with Gasteiger partial charge in [-0.3, -0.25) is 0 Å². The molecule has 0 heterocycles. The van der Waals surface area contributed by atoms with Crippen molar-refractivity contribution in [1.29, 1.82) is 0 Å². The van der Waals surface area contributed by atoms with Gasteiger partial charge in [-0.05, 0) is 30.7 Å². The molecule has 1 aromatic rings. The van der Waals surface area contributed by atoms with Gasteiger partial charge in [0.05, 0.1) is 78.2 Å². The van der Waals surface area contributed by atoms with E-state index in [9.17, 15) is 9.90 Å². The van der Waals surface area contributed by atoms with Crippen LogP contribution in [0.2, 0.25) is 0 Å². The molecule has 226 valence electrons. The van der Waals surface area contributed by atoms with Crippen LogP contribution in [0.5, 0.6) is 5.75 Å². The van der Waals surface area contributed by atoms with E-state index in [4.69, 9.17) is 33.2 Å². The number of hydrogen-bond acceptors (Lipinski definition) is 9. The molecule has 0 aliphatic heterocycles. The zero-order valence-electron chi connectivity index (χ0n) is 24.1. The highest BCUT2D eigenvalue weighted by Gasteiger charge is 2.06. The third-order valence-electron chi connectivity index (χ3n) is 5.82. The molecular weight excluding hydrogens is 504 g/mol. The Morgan fingerprint density at radius 2 is 0.872 bits per heavy atom. The van der Waals surface area contributed by atoms with Gasteiger partial charge in [0.1, 0.15) is 12.4 Å². The van der Waals surface area contributed by atoms with Crippen molar-refractivity contribution in [2.75, 3.05) is 85.9 Å². The van der Waals surface area contributed by atoms with Gasteiger partial charge in [-0.2, -0.15) is 0 Å². The van der Waals surface area contributed by atoms with Crippen molar-refractivity contribution in [1.82, 2.24) is 0 Å². The minimum Gasteiger partial charge on any atom is -0.508 e. The van der Waals surface area contributed by atoms with Crippen LogP contribution in [0.15, 0.2) is 24.3 Å². The number of aromatic hydroxyl groups is 1. The minimum atomic E-state index is -0.451. The van der Waals surface area contributed by atoms with E-state index >= 15 is 0 Å². The lowest BCUT2D eigenvalue weighted by molar-refractivity contribution is -0.0194. The standard InChI is InChI=1S/C30H52O9/c1-2-3-4-5-6-7-8-9-10-15-33-16-17-34-18-19-35-20-21-36-22-23-37-24-25-38-26-27-39-30(32)28-11-13-29(31)14-12-28/h11-14,31H,2-10,15-27H2,1H3. The Balaban J connectivity index is 1.68. The SMILES string of the molecule is CCCCCCCCCCCOCCOCCOCCOCCOCCOCCOC(=O)c1ccc(O)cc1. The summed E-state index contributed by atoms with van der Waals surface area (Å²) < 4.78 is 38.0. The Bertz CT molecular complexity index is 654. The number of rotatable bonds is 29. The normalized spacial score (nSPS) is 11.2. The molecule has 0 spiro atoms. The molecular formula is C30H52O9. The van der Waals surface area contributed by atoms with Crippen LogP contribution in [0.3, 0.4) is 0 Å². The predicted octanol–water partition coefficient (Wildman–Crippen LogP) is 5.18. The fraction of sp³-hybridized carbons (Fsp3) is 0.767. The summed E-state index contributed by atoms with van der Waals surface area (Å²) in [6, 6.07) is 5.89. The van der Waals surface area contributed by atoms with Crippen molar-refractivity contribution in [2.24, 2.45) is 0 Å². The lowest BCUT2D eigenvalue weighted by Gasteiger charge is -2.08. The number of phenols is 1.